The number of alkyl halides is 3. The number of rotatable bonds is 4. The number of ether oxygens (including phenoxy) is 2. The predicted molar refractivity (Wildman–Crippen MR) is 93.2 cm³/mol. The van der Waals surface area contributed by atoms with Crippen LogP contribution in [-0.4, -0.2) is 19.2 Å². The van der Waals surface area contributed by atoms with Crippen molar-refractivity contribution in [3.05, 3.63) is 66.5 Å². The smallest absolute Gasteiger partial charge is 0.433 e. The highest BCUT2D eigenvalue weighted by molar-refractivity contribution is 5.83. The number of aromatic nitrogens is 1. The second kappa shape index (κ2) is 7.07. The van der Waals surface area contributed by atoms with E-state index in [4.69, 9.17) is 9.47 Å². The van der Waals surface area contributed by atoms with Crippen LogP contribution in [0.25, 0.3) is 22.3 Å². The van der Waals surface area contributed by atoms with E-state index in [1.54, 1.807) is 55.6 Å². The maximum atomic E-state index is 13.1. The lowest BCUT2D eigenvalue weighted by Crippen LogP contribution is -2.08. The van der Waals surface area contributed by atoms with Crippen molar-refractivity contribution in [3.63, 3.8) is 0 Å². The first-order chi connectivity index (χ1) is 12.4. The Labute approximate surface area is 149 Å². The fourth-order valence-electron chi connectivity index (χ4n) is 2.62. The Kier molecular flexibility index (Phi) is 4.84. The topological polar surface area (TPSA) is 31.4 Å². The molecule has 0 unspecified atom stereocenters. The molecule has 0 aliphatic heterocycles. The van der Waals surface area contributed by atoms with Crippen molar-refractivity contribution < 1.29 is 22.6 Å². The van der Waals surface area contributed by atoms with Crippen LogP contribution in [0.5, 0.6) is 11.5 Å². The molecule has 0 spiro atoms. The number of hydrogen-bond donors (Lipinski definition) is 0. The summed E-state index contributed by atoms with van der Waals surface area (Å²) in [5.41, 5.74) is 1.51. The normalized spacial score (nSPS) is 11.3. The van der Waals surface area contributed by atoms with Crippen LogP contribution in [0.1, 0.15) is 5.69 Å². The number of benzene rings is 2. The molecule has 0 aliphatic rings. The molecular weight excluding hydrogens is 343 g/mol. The Hall–Kier alpha value is -3.02. The van der Waals surface area contributed by atoms with Gasteiger partial charge >= 0.3 is 6.18 Å². The Morgan fingerprint density at radius 1 is 0.731 bits per heavy atom. The van der Waals surface area contributed by atoms with Gasteiger partial charge in [0.2, 0.25) is 0 Å². The monoisotopic (exact) mass is 359 g/mol. The summed E-state index contributed by atoms with van der Waals surface area (Å²) in [6.07, 6.45) is -3.26. The molecule has 0 atom stereocenters. The highest BCUT2D eigenvalue weighted by atomic mass is 19.4. The van der Waals surface area contributed by atoms with Crippen molar-refractivity contribution in [1.29, 1.82) is 0 Å². The largest absolute Gasteiger partial charge is 0.497 e. The molecule has 1 heterocycles. The van der Waals surface area contributed by atoms with Gasteiger partial charge in [-0.1, -0.05) is 24.3 Å². The average molecular weight is 359 g/mol. The maximum Gasteiger partial charge on any atom is 0.433 e. The molecule has 26 heavy (non-hydrogen) atoms. The first-order valence-corrected chi connectivity index (χ1v) is 7.78. The van der Waals surface area contributed by atoms with Gasteiger partial charge in [0.1, 0.15) is 17.2 Å². The molecule has 0 bridgehead atoms. The molecule has 0 amide bonds. The van der Waals surface area contributed by atoms with Gasteiger partial charge in [-0.2, -0.15) is 13.2 Å². The van der Waals surface area contributed by atoms with Crippen molar-refractivity contribution in [2.75, 3.05) is 14.2 Å². The van der Waals surface area contributed by atoms with Crippen LogP contribution in [-0.2, 0) is 6.18 Å². The standard InChI is InChI=1S/C20H16F3NO2/c1-25-15-7-3-13(4-8-15)17-11-19(20(21,22)23)24-12-18(17)14-5-9-16(26-2)10-6-14/h3-12H,1-2H3. The fourth-order valence-corrected chi connectivity index (χ4v) is 2.62. The average Bonchev–Trinajstić information content (AvgIpc) is 2.67. The lowest BCUT2D eigenvalue weighted by atomic mass is 9.95. The van der Waals surface area contributed by atoms with Crippen LogP contribution in [0.15, 0.2) is 60.8 Å². The molecule has 0 saturated carbocycles. The highest BCUT2D eigenvalue weighted by Crippen LogP contribution is 2.37. The lowest BCUT2D eigenvalue weighted by Gasteiger charge is -2.14. The van der Waals surface area contributed by atoms with Crippen molar-refractivity contribution >= 4 is 0 Å². The quantitative estimate of drug-likeness (QED) is 0.621. The molecule has 0 aliphatic carbocycles. The molecule has 0 saturated heterocycles. The molecular formula is C20H16F3NO2. The van der Waals surface area contributed by atoms with E-state index >= 15 is 0 Å². The molecule has 0 radical (unpaired) electrons. The predicted octanol–water partition coefficient (Wildman–Crippen LogP) is 5.45. The van der Waals surface area contributed by atoms with Gasteiger partial charge in [-0.15, -0.1) is 0 Å². The molecule has 3 rings (SSSR count). The molecule has 3 aromatic rings. The van der Waals surface area contributed by atoms with E-state index in [0.717, 1.165) is 11.6 Å². The summed E-state index contributed by atoms with van der Waals surface area (Å²) >= 11 is 0. The lowest BCUT2D eigenvalue weighted by molar-refractivity contribution is -0.141. The molecule has 3 nitrogen and oxygen atoms in total. The molecule has 6 heteroatoms. The third-order valence-corrected chi connectivity index (χ3v) is 4.00. The van der Waals surface area contributed by atoms with Crippen LogP contribution in [0, 0.1) is 0 Å². The summed E-state index contributed by atoms with van der Waals surface area (Å²) in [6, 6.07) is 15.0. The Morgan fingerprint density at radius 3 is 1.62 bits per heavy atom. The van der Waals surface area contributed by atoms with Crippen LogP contribution in [0.3, 0.4) is 0 Å². The molecule has 0 N–H and O–H groups in total. The zero-order valence-electron chi connectivity index (χ0n) is 14.2. The Morgan fingerprint density at radius 2 is 1.19 bits per heavy atom. The zero-order valence-corrected chi connectivity index (χ0v) is 14.2. The minimum Gasteiger partial charge on any atom is -0.497 e. The SMILES string of the molecule is COc1ccc(-c2cnc(C(F)(F)F)cc2-c2ccc(OC)cc2)cc1. The summed E-state index contributed by atoms with van der Waals surface area (Å²) in [4.78, 5) is 3.61. The van der Waals surface area contributed by atoms with Gasteiger partial charge in [0.05, 0.1) is 14.2 Å². The van der Waals surface area contributed by atoms with Gasteiger partial charge in [0.15, 0.2) is 0 Å². The van der Waals surface area contributed by atoms with Crippen LogP contribution in [0.4, 0.5) is 13.2 Å². The van der Waals surface area contributed by atoms with Crippen LogP contribution < -0.4 is 9.47 Å². The summed E-state index contributed by atoms with van der Waals surface area (Å²) in [5, 5.41) is 0. The number of hydrogen-bond acceptors (Lipinski definition) is 3. The van der Waals surface area contributed by atoms with Gasteiger partial charge < -0.3 is 9.47 Å². The van der Waals surface area contributed by atoms with Gasteiger partial charge in [0, 0.05) is 11.8 Å². The van der Waals surface area contributed by atoms with Crippen LogP contribution in [0.2, 0.25) is 0 Å². The summed E-state index contributed by atoms with van der Waals surface area (Å²) in [6.45, 7) is 0. The van der Waals surface area contributed by atoms with Gasteiger partial charge in [0.25, 0.3) is 0 Å². The number of methoxy groups -OCH3 is 2. The van der Waals surface area contributed by atoms with E-state index in [1.165, 1.54) is 13.3 Å². The van der Waals surface area contributed by atoms with Gasteiger partial charge in [-0.05, 0) is 47.0 Å². The number of pyridine rings is 1. The van der Waals surface area contributed by atoms with E-state index in [9.17, 15) is 13.2 Å². The third-order valence-electron chi connectivity index (χ3n) is 4.00. The molecule has 134 valence electrons. The van der Waals surface area contributed by atoms with Crippen molar-refractivity contribution in [2.45, 2.75) is 6.18 Å². The molecule has 0 fully saturated rings. The van der Waals surface area contributed by atoms with Crippen LogP contribution >= 0.6 is 0 Å². The van der Waals surface area contributed by atoms with Gasteiger partial charge in [-0.3, -0.25) is 4.98 Å². The van der Waals surface area contributed by atoms with Crippen molar-refractivity contribution in [2.24, 2.45) is 0 Å². The van der Waals surface area contributed by atoms with E-state index in [0.29, 0.717) is 28.2 Å². The minimum atomic E-state index is -4.51. The Bertz CT molecular complexity index is 888. The highest BCUT2D eigenvalue weighted by Gasteiger charge is 2.33. The van der Waals surface area contributed by atoms with E-state index in [-0.39, 0.29) is 0 Å². The molecule has 1 aromatic heterocycles. The first-order valence-electron chi connectivity index (χ1n) is 7.78. The van der Waals surface area contributed by atoms with Crippen molar-refractivity contribution in [3.8, 4) is 33.8 Å². The van der Waals surface area contributed by atoms with E-state index in [2.05, 4.69) is 4.98 Å². The zero-order chi connectivity index (χ0) is 18.7. The van der Waals surface area contributed by atoms with E-state index < -0.39 is 11.9 Å². The molecule has 2 aromatic carbocycles. The van der Waals surface area contributed by atoms with E-state index in [1.807, 2.05) is 0 Å². The van der Waals surface area contributed by atoms with Crippen molar-refractivity contribution in [1.82, 2.24) is 4.98 Å². The second-order valence-electron chi connectivity index (χ2n) is 5.57. The fraction of sp³-hybridized carbons (Fsp3) is 0.150. The summed E-state index contributed by atoms with van der Waals surface area (Å²) in [5.74, 6) is 1.30. The summed E-state index contributed by atoms with van der Waals surface area (Å²) < 4.78 is 49.7. The third kappa shape index (κ3) is 3.64. The Balaban J connectivity index is 2.15. The maximum absolute atomic E-state index is 13.1. The second-order valence-corrected chi connectivity index (χ2v) is 5.57. The number of nitrogens with zero attached hydrogens (tertiary/aromatic N) is 1. The van der Waals surface area contributed by atoms with Gasteiger partial charge in [-0.25, -0.2) is 0 Å². The minimum absolute atomic E-state index is 0.445. The first kappa shape index (κ1) is 17.8. The number of halogens is 3. The summed E-state index contributed by atoms with van der Waals surface area (Å²) in [7, 11) is 3.09.